The molecular weight excluding hydrogens is 210 g/mol. The fraction of sp³-hybridized carbons (Fsp3) is 0.455. The Balaban J connectivity index is 2.90. The van der Waals surface area contributed by atoms with Gasteiger partial charge in [0.05, 0.1) is 23.2 Å². The summed E-state index contributed by atoms with van der Waals surface area (Å²) in [5.41, 5.74) is 5.57. The highest BCUT2D eigenvalue weighted by molar-refractivity contribution is 7.85. The standard InChI is InChI=1S/C11H17NO2S/c1-3-10(8-12)15(13)11-6-4-5-9(7-11)14-2/h4-7,10H,3,8,12H2,1-2H3. The zero-order valence-corrected chi connectivity index (χ0v) is 9.92. The Hall–Kier alpha value is -0.870. The molecule has 1 aromatic rings. The van der Waals surface area contributed by atoms with Crippen molar-refractivity contribution in [3.05, 3.63) is 24.3 Å². The molecule has 0 aliphatic heterocycles. The highest BCUT2D eigenvalue weighted by Crippen LogP contribution is 2.18. The molecule has 2 unspecified atom stereocenters. The Labute approximate surface area is 93.1 Å². The second-order valence-corrected chi connectivity index (χ2v) is 4.98. The minimum absolute atomic E-state index is 0.0251. The molecule has 0 aliphatic carbocycles. The molecule has 0 radical (unpaired) electrons. The van der Waals surface area contributed by atoms with E-state index in [0.717, 1.165) is 17.1 Å². The van der Waals surface area contributed by atoms with E-state index in [1.165, 1.54) is 0 Å². The summed E-state index contributed by atoms with van der Waals surface area (Å²) in [6.07, 6.45) is 0.820. The van der Waals surface area contributed by atoms with Gasteiger partial charge in [-0.3, -0.25) is 4.21 Å². The number of methoxy groups -OCH3 is 1. The van der Waals surface area contributed by atoms with Crippen molar-refractivity contribution in [1.82, 2.24) is 0 Å². The first-order valence-corrected chi connectivity index (χ1v) is 6.19. The third-order valence-electron chi connectivity index (χ3n) is 2.29. The minimum Gasteiger partial charge on any atom is -0.497 e. The first-order chi connectivity index (χ1) is 7.22. The fourth-order valence-corrected chi connectivity index (χ4v) is 2.63. The Kier molecular flexibility index (Phi) is 4.78. The van der Waals surface area contributed by atoms with Gasteiger partial charge >= 0.3 is 0 Å². The van der Waals surface area contributed by atoms with Gasteiger partial charge in [0, 0.05) is 11.4 Å². The van der Waals surface area contributed by atoms with Crippen molar-refractivity contribution in [2.75, 3.05) is 13.7 Å². The van der Waals surface area contributed by atoms with E-state index in [1.807, 2.05) is 25.1 Å². The smallest absolute Gasteiger partial charge is 0.120 e. The number of hydrogen-bond donors (Lipinski definition) is 1. The molecule has 0 saturated heterocycles. The van der Waals surface area contributed by atoms with Crippen LogP contribution >= 0.6 is 0 Å². The first-order valence-electron chi connectivity index (χ1n) is 4.97. The van der Waals surface area contributed by atoms with Crippen molar-refractivity contribution in [3.63, 3.8) is 0 Å². The third-order valence-corrected chi connectivity index (χ3v) is 4.14. The lowest BCUT2D eigenvalue weighted by Gasteiger charge is -2.12. The van der Waals surface area contributed by atoms with Crippen LogP contribution in [0, 0.1) is 0 Å². The molecule has 2 atom stereocenters. The number of ether oxygens (including phenoxy) is 1. The molecule has 84 valence electrons. The van der Waals surface area contributed by atoms with Gasteiger partial charge in [0.2, 0.25) is 0 Å². The van der Waals surface area contributed by atoms with Gasteiger partial charge in [0.15, 0.2) is 0 Å². The molecule has 0 fully saturated rings. The molecule has 15 heavy (non-hydrogen) atoms. The zero-order chi connectivity index (χ0) is 11.3. The van der Waals surface area contributed by atoms with E-state index in [0.29, 0.717) is 6.54 Å². The molecule has 1 aromatic carbocycles. The Morgan fingerprint density at radius 1 is 1.53 bits per heavy atom. The summed E-state index contributed by atoms with van der Waals surface area (Å²) in [6.45, 7) is 2.44. The lowest BCUT2D eigenvalue weighted by atomic mass is 10.3. The van der Waals surface area contributed by atoms with Crippen LogP contribution in [0.5, 0.6) is 5.75 Å². The van der Waals surface area contributed by atoms with Gasteiger partial charge in [-0.15, -0.1) is 0 Å². The topological polar surface area (TPSA) is 52.3 Å². The average Bonchev–Trinajstić information content (AvgIpc) is 2.30. The summed E-state index contributed by atoms with van der Waals surface area (Å²) in [6, 6.07) is 7.32. The molecule has 0 aromatic heterocycles. The van der Waals surface area contributed by atoms with E-state index in [2.05, 4.69) is 0 Å². The molecule has 0 saturated carbocycles. The van der Waals surface area contributed by atoms with E-state index < -0.39 is 10.8 Å². The molecule has 4 heteroatoms. The lowest BCUT2D eigenvalue weighted by Crippen LogP contribution is -2.24. The van der Waals surface area contributed by atoms with Gasteiger partial charge in [-0.05, 0) is 24.6 Å². The zero-order valence-electron chi connectivity index (χ0n) is 9.10. The molecule has 0 heterocycles. The predicted octanol–water partition coefficient (Wildman–Crippen LogP) is 1.54. The second kappa shape index (κ2) is 5.88. The summed E-state index contributed by atoms with van der Waals surface area (Å²) in [5, 5.41) is 0.0251. The molecule has 0 bridgehead atoms. The van der Waals surface area contributed by atoms with Gasteiger partial charge in [0.1, 0.15) is 5.75 Å². The molecule has 2 N–H and O–H groups in total. The monoisotopic (exact) mass is 227 g/mol. The average molecular weight is 227 g/mol. The summed E-state index contributed by atoms with van der Waals surface area (Å²) in [4.78, 5) is 0.784. The van der Waals surface area contributed by atoms with Crippen LogP contribution < -0.4 is 10.5 Å². The van der Waals surface area contributed by atoms with E-state index >= 15 is 0 Å². The fourth-order valence-electron chi connectivity index (χ4n) is 1.32. The van der Waals surface area contributed by atoms with Crippen molar-refractivity contribution in [1.29, 1.82) is 0 Å². The third kappa shape index (κ3) is 3.04. The normalized spacial score (nSPS) is 14.6. The van der Waals surface area contributed by atoms with Crippen molar-refractivity contribution < 1.29 is 8.95 Å². The van der Waals surface area contributed by atoms with E-state index in [9.17, 15) is 4.21 Å². The van der Waals surface area contributed by atoms with Crippen LogP contribution in [0.1, 0.15) is 13.3 Å². The van der Waals surface area contributed by atoms with Gasteiger partial charge in [-0.1, -0.05) is 13.0 Å². The Morgan fingerprint density at radius 2 is 2.27 bits per heavy atom. The van der Waals surface area contributed by atoms with Crippen LogP contribution in [-0.4, -0.2) is 23.1 Å². The molecule has 1 rings (SSSR count). The SMILES string of the molecule is CCC(CN)S(=O)c1cccc(OC)c1. The largest absolute Gasteiger partial charge is 0.497 e. The van der Waals surface area contributed by atoms with E-state index in [4.69, 9.17) is 10.5 Å². The van der Waals surface area contributed by atoms with E-state index in [-0.39, 0.29) is 5.25 Å². The number of hydrogen-bond acceptors (Lipinski definition) is 3. The highest BCUT2D eigenvalue weighted by Gasteiger charge is 2.15. The van der Waals surface area contributed by atoms with Crippen LogP contribution in [0.25, 0.3) is 0 Å². The summed E-state index contributed by atoms with van der Waals surface area (Å²) >= 11 is 0. The minimum atomic E-state index is -1.04. The van der Waals surface area contributed by atoms with Gasteiger partial charge in [0.25, 0.3) is 0 Å². The molecular formula is C11H17NO2S. The van der Waals surface area contributed by atoms with Crippen LogP contribution in [-0.2, 0) is 10.8 Å². The van der Waals surface area contributed by atoms with Crippen molar-refractivity contribution in [3.8, 4) is 5.75 Å². The first kappa shape index (κ1) is 12.2. The van der Waals surface area contributed by atoms with Crippen molar-refractivity contribution in [2.24, 2.45) is 5.73 Å². The quantitative estimate of drug-likeness (QED) is 0.830. The van der Waals surface area contributed by atoms with Crippen LogP contribution in [0.4, 0.5) is 0 Å². The van der Waals surface area contributed by atoms with Crippen molar-refractivity contribution in [2.45, 2.75) is 23.5 Å². The predicted molar refractivity (Wildman–Crippen MR) is 62.5 cm³/mol. The number of rotatable bonds is 5. The summed E-state index contributed by atoms with van der Waals surface area (Å²) in [5.74, 6) is 0.729. The van der Waals surface area contributed by atoms with Crippen LogP contribution in [0.2, 0.25) is 0 Å². The molecule has 0 spiro atoms. The summed E-state index contributed by atoms with van der Waals surface area (Å²) in [7, 11) is 0.561. The van der Waals surface area contributed by atoms with Gasteiger partial charge < -0.3 is 10.5 Å². The maximum atomic E-state index is 12.1. The Bertz CT molecular complexity index is 337. The molecule has 0 aliphatic rings. The number of benzene rings is 1. The van der Waals surface area contributed by atoms with Crippen LogP contribution in [0.3, 0.4) is 0 Å². The van der Waals surface area contributed by atoms with Gasteiger partial charge in [-0.25, -0.2) is 0 Å². The maximum Gasteiger partial charge on any atom is 0.120 e. The van der Waals surface area contributed by atoms with E-state index in [1.54, 1.807) is 13.2 Å². The van der Waals surface area contributed by atoms with Crippen molar-refractivity contribution >= 4 is 10.8 Å². The van der Waals surface area contributed by atoms with Crippen LogP contribution in [0.15, 0.2) is 29.2 Å². The molecule has 0 amide bonds. The summed E-state index contributed by atoms with van der Waals surface area (Å²) < 4.78 is 17.1. The number of nitrogens with two attached hydrogens (primary N) is 1. The molecule has 3 nitrogen and oxygen atoms in total. The lowest BCUT2D eigenvalue weighted by molar-refractivity contribution is 0.413. The Morgan fingerprint density at radius 3 is 2.80 bits per heavy atom. The van der Waals surface area contributed by atoms with Gasteiger partial charge in [-0.2, -0.15) is 0 Å². The maximum absolute atomic E-state index is 12.1. The highest BCUT2D eigenvalue weighted by atomic mass is 32.2. The second-order valence-electron chi connectivity index (χ2n) is 3.24.